The van der Waals surface area contributed by atoms with Crippen molar-refractivity contribution in [1.29, 1.82) is 0 Å². The van der Waals surface area contributed by atoms with Crippen molar-refractivity contribution in [2.24, 2.45) is 0 Å². The summed E-state index contributed by atoms with van der Waals surface area (Å²) >= 11 is 0. The maximum absolute atomic E-state index is 12.2. The van der Waals surface area contributed by atoms with Crippen LogP contribution < -0.4 is 0 Å². The van der Waals surface area contributed by atoms with Crippen LogP contribution in [0, 0.1) is 0 Å². The molecule has 0 fully saturated rings. The van der Waals surface area contributed by atoms with Gasteiger partial charge >= 0.3 is 5.51 Å². The molecule has 3 nitrogen and oxygen atoms in total. The Morgan fingerprint density at radius 3 is 2.06 bits per heavy atom. The van der Waals surface area contributed by atoms with Crippen molar-refractivity contribution in [3.05, 3.63) is 35.9 Å². The Labute approximate surface area is 96.2 Å². The Hall–Kier alpha value is -1.37. The highest BCUT2D eigenvalue weighted by Gasteiger charge is 2.51. The number of halogens is 3. The minimum Gasteiger partial charge on any atom is -0.293 e. The molecule has 1 aromatic carbocycles. The van der Waals surface area contributed by atoms with Crippen molar-refractivity contribution >= 4 is 15.6 Å². The molecule has 0 aromatic heterocycles. The van der Waals surface area contributed by atoms with E-state index in [2.05, 4.69) is 0 Å². The number of carbonyl (C=O) groups is 1. The van der Waals surface area contributed by atoms with E-state index in [0.29, 0.717) is 0 Å². The molecule has 1 rings (SSSR count). The number of alkyl halides is 3. The van der Waals surface area contributed by atoms with Crippen molar-refractivity contribution in [3.63, 3.8) is 0 Å². The average molecular weight is 266 g/mol. The molecule has 1 atom stereocenters. The summed E-state index contributed by atoms with van der Waals surface area (Å²) in [6, 6.07) is 7.00. The molecule has 1 unspecified atom stereocenters. The second-order valence-electron chi connectivity index (χ2n) is 3.36. The fraction of sp³-hybridized carbons (Fsp3) is 0.300. The van der Waals surface area contributed by atoms with E-state index in [1.165, 1.54) is 24.3 Å². The molecule has 0 amide bonds. The summed E-state index contributed by atoms with van der Waals surface area (Å²) in [5.41, 5.74) is -5.48. The van der Waals surface area contributed by atoms with Crippen molar-refractivity contribution < 1.29 is 26.4 Å². The Morgan fingerprint density at radius 1 is 1.18 bits per heavy atom. The second-order valence-corrected chi connectivity index (χ2v) is 5.62. The lowest BCUT2D eigenvalue weighted by Crippen LogP contribution is -2.37. The van der Waals surface area contributed by atoms with E-state index < -0.39 is 26.4 Å². The largest absolute Gasteiger partial charge is 0.498 e. The SMILES string of the molecule is CC(C(=O)c1ccccc1)S(=O)(=O)C(F)(F)F. The highest BCUT2D eigenvalue weighted by Crippen LogP contribution is 2.28. The third-order valence-electron chi connectivity index (χ3n) is 2.22. The Kier molecular flexibility index (Phi) is 3.61. The van der Waals surface area contributed by atoms with Crippen molar-refractivity contribution in [2.45, 2.75) is 17.7 Å². The van der Waals surface area contributed by atoms with E-state index in [0.717, 1.165) is 6.92 Å². The average Bonchev–Trinajstić information content (AvgIpc) is 2.26. The van der Waals surface area contributed by atoms with Gasteiger partial charge in [0.15, 0.2) is 5.78 Å². The highest BCUT2D eigenvalue weighted by atomic mass is 32.2. The lowest BCUT2D eigenvalue weighted by molar-refractivity contribution is -0.0441. The van der Waals surface area contributed by atoms with E-state index >= 15 is 0 Å². The summed E-state index contributed by atoms with van der Waals surface area (Å²) in [5.74, 6) is -1.07. The summed E-state index contributed by atoms with van der Waals surface area (Å²) in [6.07, 6.45) is 0. The van der Waals surface area contributed by atoms with Crippen LogP contribution in [0.15, 0.2) is 30.3 Å². The normalized spacial score (nSPS) is 14.4. The smallest absolute Gasteiger partial charge is 0.293 e. The van der Waals surface area contributed by atoms with Crippen LogP contribution in [-0.2, 0) is 9.84 Å². The van der Waals surface area contributed by atoms with E-state index in [-0.39, 0.29) is 5.56 Å². The van der Waals surface area contributed by atoms with Crippen molar-refractivity contribution in [2.75, 3.05) is 0 Å². The minimum absolute atomic E-state index is 0.0622. The Bertz CT molecular complexity index is 505. The topological polar surface area (TPSA) is 51.2 Å². The Balaban J connectivity index is 3.09. The number of sulfone groups is 1. The molecular weight excluding hydrogens is 257 g/mol. The number of hydrogen-bond donors (Lipinski definition) is 0. The van der Waals surface area contributed by atoms with Gasteiger partial charge in [0.25, 0.3) is 9.84 Å². The van der Waals surface area contributed by atoms with Crippen LogP contribution >= 0.6 is 0 Å². The molecule has 0 spiro atoms. The lowest BCUT2D eigenvalue weighted by Gasteiger charge is -2.14. The van der Waals surface area contributed by atoms with Gasteiger partial charge in [-0.2, -0.15) is 13.2 Å². The van der Waals surface area contributed by atoms with Crippen LogP contribution in [0.2, 0.25) is 0 Å². The van der Waals surface area contributed by atoms with Crippen LogP contribution in [-0.4, -0.2) is 25.0 Å². The summed E-state index contributed by atoms with van der Waals surface area (Å²) in [7, 11) is -5.47. The predicted octanol–water partition coefficient (Wildman–Crippen LogP) is 2.19. The summed E-state index contributed by atoms with van der Waals surface area (Å²) in [4.78, 5) is 11.6. The number of Topliss-reactive ketones (excluding diaryl/α,β-unsaturated/α-hetero) is 1. The van der Waals surface area contributed by atoms with Crippen LogP contribution in [0.3, 0.4) is 0 Å². The third-order valence-corrected chi connectivity index (χ3v) is 4.01. The maximum Gasteiger partial charge on any atom is 0.498 e. The van der Waals surface area contributed by atoms with Crippen LogP contribution in [0.25, 0.3) is 0 Å². The number of ketones is 1. The molecule has 0 bridgehead atoms. The Morgan fingerprint density at radius 2 is 1.65 bits per heavy atom. The van der Waals surface area contributed by atoms with E-state index in [1.807, 2.05) is 0 Å². The molecular formula is C10H9F3O3S. The van der Waals surface area contributed by atoms with Gasteiger partial charge in [0.2, 0.25) is 0 Å². The van der Waals surface area contributed by atoms with Gasteiger partial charge in [-0.05, 0) is 6.92 Å². The van der Waals surface area contributed by atoms with Crippen LogP contribution in [0.4, 0.5) is 13.2 Å². The third kappa shape index (κ3) is 2.66. The van der Waals surface area contributed by atoms with Gasteiger partial charge in [0, 0.05) is 5.56 Å². The van der Waals surface area contributed by atoms with Crippen molar-refractivity contribution in [3.8, 4) is 0 Å². The van der Waals surface area contributed by atoms with Gasteiger partial charge in [-0.3, -0.25) is 4.79 Å². The van der Waals surface area contributed by atoms with Gasteiger partial charge in [-0.15, -0.1) is 0 Å². The van der Waals surface area contributed by atoms with E-state index in [1.54, 1.807) is 6.07 Å². The molecule has 0 aliphatic rings. The second kappa shape index (κ2) is 4.48. The zero-order chi connectivity index (χ0) is 13.3. The van der Waals surface area contributed by atoms with Crippen LogP contribution in [0.1, 0.15) is 17.3 Å². The van der Waals surface area contributed by atoms with Gasteiger partial charge in [0.05, 0.1) is 0 Å². The number of hydrogen-bond acceptors (Lipinski definition) is 3. The first-order valence-electron chi connectivity index (χ1n) is 4.57. The van der Waals surface area contributed by atoms with Gasteiger partial charge in [-0.25, -0.2) is 8.42 Å². The number of rotatable bonds is 3. The van der Waals surface area contributed by atoms with Gasteiger partial charge in [-0.1, -0.05) is 30.3 Å². The highest BCUT2D eigenvalue weighted by molar-refractivity contribution is 7.93. The van der Waals surface area contributed by atoms with Gasteiger partial charge in [0.1, 0.15) is 5.25 Å². The molecule has 0 heterocycles. The zero-order valence-corrected chi connectivity index (χ0v) is 9.55. The molecule has 17 heavy (non-hydrogen) atoms. The monoisotopic (exact) mass is 266 g/mol. The zero-order valence-electron chi connectivity index (χ0n) is 8.73. The predicted molar refractivity (Wildman–Crippen MR) is 55.2 cm³/mol. The molecule has 94 valence electrons. The summed E-state index contributed by atoms with van der Waals surface area (Å²) in [6.45, 7) is 0.734. The summed E-state index contributed by atoms with van der Waals surface area (Å²) in [5, 5.41) is -2.13. The van der Waals surface area contributed by atoms with E-state index in [4.69, 9.17) is 0 Å². The number of benzene rings is 1. The van der Waals surface area contributed by atoms with Crippen LogP contribution in [0.5, 0.6) is 0 Å². The lowest BCUT2D eigenvalue weighted by atomic mass is 10.1. The summed E-state index contributed by atoms with van der Waals surface area (Å²) < 4.78 is 58.7. The molecule has 0 aliphatic carbocycles. The molecule has 0 saturated carbocycles. The van der Waals surface area contributed by atoms with Gasteiger partial charge < -0.3 is 0 Å². The van der Waals surface area contributed by atoms with Crippen molar-refractivity contribution in [1.82, 2.24) is 0 Å². The fourth-order valence-electron chi connectivity index (χ4n) is 1.18. The first-order chi connectivity index (χ1) is 7.68. The minimum atomic E-state index is -5.47. The molecule has 7 heteroatoms. The standard InChI is InChI=1S/C10H9F3O3S/c1-7(17(15,16)10(11,12)13)9(14)8-5-3-2-4-6-8/h2-7H,1H3. The van der Waals surface area contributed by atoms with E-state index in [9.17, 15) is 26.4 Å². The number of carbonyl (C=O) groups excluding carboxylic acids is 1. The molecule has 0 N–H and O–H groups in total. The quantitative estimate of drug-likeness (QED) is 0.788. The molecule has 0 saturated heterocycles. The first kappa shape index (κ1) is 13.7. The fourth-order valence-corrected chi connectivity index (χ4v) is 2.00. The first-order valence-corrected chi connectivity index (χ1v) is 6.12. The molecule has 0 radical (unpaired) electrons. The molecule has 1 aromatic rings. The maximum atomic E-state index is 12.2. The molecule has 0 aliphatic heterocycles.